The minimum Gasteiger partial charge on any atom is -0.460 e. The van der Waals surface area contributed by atoms with E-state index in [0.29, 0.717) is 31.0 Å². The number of carbonyl (C=O) groups excluding carboxylic acids is 1. The van der Waals surface area contributed by atoms with Crippen LogP contribution in [0.4, 0.5) is 22.1 Å². The van der Waals surface area contributed by atoms with Crippen molar-refractivity contribution >= 4 is 34.3 Å². The lowest BCUT2D eigenvalue weighted by molar-refractivity contribution is 0.255. The highest BCUT2D eigenvalue weighted by Gasteiger charge is 2.33. The number of pyridine rings is 1. The summed E-state index contributed by atoms with van der Waals surface area (Å²) < 4.78 is 5.77. The number of hydrogen-bond acceptors (Lipinski definition) is 5. The summed E-state index contributed by atoms with van der Waals surface area (Å²) in [7, 11) is 0. The van der Waals surface area contributed by atoms with E-state index in [1.165, 1.54) is 0 Å². The first-order chi connectivity index (χ1) is 14.1. The number of hydrogen-bond donors (Lipinski definition) is 1. The number of anilines is 3. The second-order valence-corrected chi connectivity index (χ2v) is 7.94. The summed E-state index contributed by atoms with van der Waals surface area (Å²) in [6, 6.07) is 14.3. The van der Waals surface area contributed by atoms with Crippen molar-refractivity contribution in [3.8, 4) is 0 Å². The zero-order chi connectivity index (χ0) is 20.0. The zero-order valence-electron chi connectivity index (χ0n) is 16.7. The highest BCUT2D eigenvalue weighted by molar-refractivity contribution is 6.06. The summed E-state index contributed by atoms with van der Waals surface area (Å²) in [6.07, 6.45) is 1.69. The molecule has 4 heterocycles. The van der Waals surface area contributed by atoms with Crippen molar-refractivity contribution in [1.29, 1.82) is 0 Å². The standard InChI is InChI=1S/C22H25N5O2/c1-15-13-25(14-16(2)23-15)21-20-17(8-11-29-20)12-19(24-21)27-10-9-26(22(27)28)18-6-4-3-5-7-18/h3-8,11-12,15-16,23H,9-10,13-14H2,1-2H3. The lowest BCUT2D eigenvalue weighted by Crippen LogP contribution is -2.54. The van der Waals surface area contributed by atoms with E-state index in [1.807, 2.05) is 42.5 Å². The van der Waals surface area contributed by atoms with E-state index in [1.54, 1.807) is 16.1 Å². The number of para-hydroxylation sites is 1. The van der Waals surface area contributed by atoms with Gasteiger partial charge in [0, 0.05) is 49.3 Å². The van der Waals surface area contributed by atoms with Gasteiger partial charge in [0.25, 0.3) is 0 Å². The van der Waals surface area contributed by atoms with Crippen molar-refractivity contribution in [3.05, 3.63) is 48.7 Å². The lowest BCUT2D eigenvalue weighted by atomic mass is 10.1. The van der Waals surface area contributed by atoms with Gasteiger partial charge in [-0.3, -0.25) is 9.80 Å². The maximum absolute atomic E-state index is 13.1. The summed E-state index contributed by atoms with van der Waals surface area (Å²) in [6.45, 7) is 7.30. The molecule has 2 aliphatic heterocycles. The van der Waals surface area contributed by atoms with Gasteiger partial charge in [-0.2, -0.15) is 0 Å². The average molecular weight is 391 g/mol. The number of urea groups is 1. The Labute approximate surface area is 169 Å². The molecule has 2 unspecified atom stereocenters. The first kappa shape index (κ1) is 18.0. The summed E-state index contributed by atoms with van der Waals surface area (Å²) in [5.41, 5.74) is 1.69. The molecule has 0 aliphatic carbocycles. The molecule has 0 spiro atoms. The fourth-order valence-electron chi connectivity index (χ4n) is 4.39. The molecule has 0 saturated carbocycles. The number of carbonyl (C=O) groups is 1. The molecular weight excluding hydrogens is 366 g/mol. The number of furan rings is 1. The minimum absolute atomic E-state index is 0.0421. The monoisotopic (exact) mass is 391 g/mol. The summed E-state index contributed by atoms with van der Waals surface area (Å²) >= 11 is 0. The summed E-state index contributed by atoms with van der Waals surface area (Å²) in [5, 5.41) is 4.52. The van der Waals surface area contributed by atoms with Crippen LogP contribution in [0, 0.1) is 0 Å². The van der Waals surface area contributed by atoms with Gasteiger partial charge in [-0.15, -0.1) is 0 Å². The zero-order valence-corrected chi connectivity index (χ0v) is 16.7. The second-order valence-electron chi connectivity index (χ2n) is 7.94. The van der Waals surface area contributed by atoms with Crippen molar-refractivity contribution < 1.29 is 9.21 Å². The lowest BCUT2D eigenvalue weighted by Gasteiger charge is -2.37. The number of amides is 2. The fourth-order valence-corrected chi connectivity index (χ4v) is 4.39. The number of rotatable bonds is 3. The van der Waals surface area contributed by atoms with Crippen LogP contribution in [0.25, 0.3) is 11.0 Å². The summed E-state index contributed by atoms with van der Waals surface area (Å²) in [4.78, 5) is 23.9. The van der Waals surface area contributed by atoms with Crippen LogP contribution in [0.5, 0.6) is 0 Å². The molecule has 2 amide bonds. The van der Waals surface area contributed by atoms with Gasteiger partial charge in [-0.1, -0.05) is 18.2 Å². The van der Waals surface area contributed by atoms with Crippen LogP contribution in [0.2, 0.25) is 0 Å². The van der Waals surface area contributed by atoms with Crippen molar-refractivity contribution in [3.63, 3.8) is 0 Å². The molecule has 2 aromatic heterocycles. The molecule has 3 aromatic rings. The number of nitrogens with one attached hydrogen (secondary N) is 1. The predicted octanol–water partition coefficient (Wildman–Crippen LogP) is 3.46. The third-order valence-corrected chi connectivity index (χ3v) is 5.61. The van der Waals surface area contributed by atoms with Crippen LogP contribution in [-0.4, -0.2) is 49.3 Å². The molecule has 0 radical (unpaired) electrons. The summed E-state index contributed by atoms with van der Waals surface area (Å²) in [5.74, 6) is 1.49. The number of fused-ring (bicyclic) bond motifs is 1. The minimum atomic E-state index is -0.0421. The van der Waals surface area contributed by atoms with E-state index in [2.05, 4.69) is 24.1 Å². The first-order valence-electron chi connectivity index (χ1n) is 10.1. The van der Waals surface area contributed by atoms with Crippen LogP contribution in [-0.2, 0) is 0 Å². The smallest absolute Gasteiger partial charge is 0.330 e. The molecule has 5 rings (SSSR count). The molecule has 2 atom stereocenters. The Morgan fingerprint density at radius 1 is 1.03 bits per heavy atom. The van der Waals surface area contributed by atoms with Gasteiger partial charge in [0.15, 0.2) is 11.4 Å². The molecule has 1 N–H and O–H groups in total. The van der Waals surface area contributed by atoms with E-state index in [0.717, 1.165) is 35.6 Å². The quantitative estimate of drug-likeness (QED) is 0.741. The molecule has 2 fully saturated rings. The largest absolute Gasteiger partial charge is 0.460 e. The fraction of sp³-hybridized carbons (Fsp3) is 0.364. The third-order valence-electron chi connectivity index (χ3n) is 5.61. The van der Waals surface area contributed by atoms with Crippen molar-refractivity contribution in [2.75, 3.05) is 40.9 Å². The van der Waals surface area contributed by atoms with E-state index in [9.17, 15) is 4.79 Å². The molecular formula is C22H25N5O2. The molecule has 7 heteroatoms. The van der Waals surface area contributed by atoms with Gasteiger partial charge in [0.05, 0.1) is 6.26 Å². The van der Waals surface area contributed by atoms with Gasteiger partial charge in [0.2, 0.25) is 0 Å². The molecule has 1 aromatic carbocycles. The Kier molecular flexibility index (Phi) is 4.39. The third kappa shape index (κ3) is 3.21. The van der Waals surface area contributed by atoms with Crippen LogP contribution < -0.4 is 20.0 Å². The Bertz CT molecular complexity index is 1020. The molecule has 2 aliphatic rings. The molecule has 7 nitrogen and oxygen atoms in total. The maximum atomic E-state index is 13.1. The Morgan fingerprint density at radius 2 is 1.76 bits per heavy atom. The van der Waals surface area contributed by atoms with E-state index < -0.39 is 0 Å². The van der Waals surface area contributed by atoms with Crippen LogP contribution in [0.3, 0.4) is 0 Å². The van der Waals surface area contributed by atoms with E-state index in [4.69, 9.17) is 9.40 Å². The van der Waals surface area contributed by atoms with Crippen LogP contribution in [0.15, 0.2) is 53.1 Å². The Balaban J connectivity index is 1.51. The number of piperazine rings is 1. The molecule has 2 saturated heterocycles. The van der Waals surface area contributed by atoms with Gasteiger partial charge in [-0.25, -0.2) is 9.78 Å². The topological polar surface area (TPSA) is 64.9 Å². The van der Waals surface area contributed by atoms with Gasteiger partial charge >= 0.3 is 6.03 Å². The van der Waals surface area contributed by atoms with Crippen LogP contribution in [0.1, 0.15) is 13.8 Å². The van der Waals surface area contributed by atoms with Crippen LogP contribution >= 0.6 is 0 Å². The van der Waals surface area contributed by atoms with E-state index >= 15 is 0 Å². The van der Waals surface area contributed by atoms with E-state index in [-0.39, 0.29) is 6.03 Å². The second kappa shape index (κ2) is 7.08. The van der Waals surface area contributed by atoms with Gasteiger partial charge in [-0.05, 0) is 38.1 Å². The van der Waals surface area contributed by atoms with Crippen molar-refractivity contribution in [1.82, 2.24) is 10.3 Å². The van der Waals surface area contributed by atoms with Crippen molar-refractivity contribution in [2.24, 2.45) is 0 Å². The van der Waals surface area contributed by atoms with Crippen molar-refractivity contribution in [2.45, 2.75) is 25.9 Å². The maximum Gasteiger partial charge on any atom is 0.330 e. The highest BCUT2D eigenvalue weighted by atomic mass is 16.3. The molecule has 150 valence electrons. The SMILES string of the molecule is CC1CN(c2nc(N3CCN(c4ccccc4)C3=O)cc3ccoc23)CC(C)N1. The first-order valence-corrected chi connectivity index (χ1v) is 10.1. The number of nitrogens with zero attached hydrogens (tertiary/aromatic N) is 4. The number of benzene rings is 1. The van der Waals surface area contributed by atoms with Gasteiger partial charge < -0.3 is 14.6 Å². The Hall–Kier alpha value is -3.06. The molecule has 29 heavy (non-hydrogen) atoms. The number of aromatic nitrogens is 1. The molecule has 0 bridgehead atoms. The normalized spacial score (nSPS) is 22.7. The average Bonchev–Trinajstić information content (AvgIpc) is 3.33. The van der Waals surface area contributed by atoms with Gasteiger partial charge in [0.1, 0.15) is 5.82 Å². The predicted molar refractivity (Wildman–Crippen MR) is 115 cm³/mol. The Morgan fingerprint density at radius 3 is 2.52 bits per heavy atom. The highest BCUT2D eigenvalue weighted by Crippen LogP contribution is 2.33.